The summed E-state index contributed by atoms with van der Waals surface area (Å²) in [5, 5.41) is 7.01. The number of ether oxygens (including phenoxy) is 1. The van der Waals surface area contributed by atoms with Crippen LogP contribution >= 0.6 is 0 Å². The average molecular weight is 307 g/mol. The summed E-state index contributed by atoms with van der Waals surface area (Å²) in [6.07, 6.45) is 3.90. The molecule has 2 aromatic carbocycles. The van der Waals surface area contributed by atoms with Crippen LogP contribution in [0.3, 0.4) is 0 Å². The van der Waals surface area contributed by atoms with Gasteiger partial charge >= 0.3 is 0 Å². The highest BCUT2D eigenvalue weighted by atomic mass is 16.5. The van der Waals surface area contributed by atoms with Gasteiger partial charge in [-0.15, -0.1) is 0 Å². The van der Waals surface area contributed by atoms with Gasteiger partial charge in [-0.05, 0) is 42.5 Å². The van der Waals surface area contributed by atoms with Gasteiger partial charge in [0.2, 0.25) is 5.91 Å². The predicted octanol–water partition coefficient (Wildman–Crippen LogP) is 3.28. The van der Waals surface area contributed by atoms with Crippen LogP contribution in [0.5, 0.6) is 5.75 Å². The Labute approximate surface area is 134 Å². The Bertz CT molecular complexity index is 738. The molecule has 0 saturated heterocycles. The monoisotopic (exact) mass is 307 g/mol. The van der Waals surface area contributed by atoms with E-state index in [0.29, 0.717) is 13.0 Å². The second kappa shape index (κ2) is 7.26. The van der Waals surface area contributed by atoms with Crippen LogP contribution in [0.1, 0.15) is 6.42 Å². The molecular weight excluding hydrogens is 290 g/mol. The maximum absolute atomic E-state index is 11.9. The molecule has 0 saturated carbocycles. The third-order valence-corrected chi connectivity index (χ3v) is 3.26. The minimum Gasteiger partial charge on any atom is -0.493 e. The second-order valence-electron chi connectivity index (χ2n) is 4.96. The Kier molecular flexibility index (Phi) is 4.69. The van der Waals surface area contributed by atoms with Crippen LogP contribution in [0.4, 0.5) is 5.69 Å². The van der Waals surface area contributed by atoms with E-state index in [0.717, 1.165) is 17.1 Å². The van der Waals surface area contributed by atoms with Gasteiger partial charge in [-0.25, -0.2) is 4.68 Å². The van der Waals surface area contributed by atoms with Crippen molar-refractivity contribution in [3.05, 3.63) is 73.1 Å². The van der Waals surface area contributed by atoms with Crippen molar-refractivity contribution in [2.45, 2.75) is 6.42 Å². The zero-order chi connectivity index (χ0) is 15.9. The van der Waals surface area contributed by atoms with Crippen LogP contribution in [0.25, 0.3) is 5.69 Å². The largest absolute Gasteiger partial charge is 0.493 e. The number of nitrogens with zero attached hydrogens (tertiary/aromatic N) is 2. The Balaban J connectivity index is 1.48. The van der Waals surface area contributed by atoms with Crippen molar-refractivity contribution < 1.29 is 9.53 Å². The minimum absolute atomic E-state index is 0.0761. The van der Waals surface area contributed by atoms with Crippen LogP contribution in [0.2, 0.25) is 0 Å². The Morgan fingerprint density at radius 2 is 1.83 bits per heavy atom. The number of aromatic nitrogens is 2. The van der Waals surface area contributed by atoms with Gasteiger partial charge in [-0.1, -0.05) is 18.2 Å². The molecule has 0 unspecified atom stereocenters. The number of rotatable bonds is 6. The quantitative estimate of drug-likeness (QED) is 0.760. The molecule has 0 aliphatic rings. The van der Waals surface area contributed by atoms with Gasteiger partial charge in [0.15, 0.2) is 0 Å². The van der Waals surface area contributed by atoms with E-state index < -0.39 is 0 Å². The zero-order valence-corrected chi connectivity index (χ0v) is 12.6. The summed E-state index contributed by atoms with van der Waals surface area (Å²) < 4.78 is 7.27. The van der Waals surface area contributed by atoms with Crippen LogP contribution in [0, 0.1) is 0 Å². The predicted molar refractivity (Wildman–Crippen MR) is 88.7 cm³/mol. The van der Waals surface area contributed by atoms with E-state index in [1.165, 1.54) is 0 Å². The number of benzene rings is 2. The zero-order valence-electron chi connectivity index (χ0n) is 12.6. The molecule has 116 valence electrons. The molecule has 0 spiro atoms. The van der Waals surface area contributed by atoms with E-state index in [2.05, 4.69) is 10.4 Å². The van der Waals surface area contributed by atoms with Gasteiger partial charge in [0.25, 0.3) is 0 Å². The molecule has 0 aliphatic carbocycles. The summed E-state index contributed by atoms with van der Waals surface area (Å²) in [6, 6.07) is 18.8. The van der Waals surface area contributed by atoms with E-state index in [1.54, 1.807) is 10.9 Å². The minimum atomic E-state index is -0.0761. The summed E-state index contributed by atoms with van der Waals surface area (Å²) in [5.74, 6) is 0.691. The summed E-state index contributed by atoms with van der Waals surface area (Å²) in [7, 11) is 0. The summed E-state index contributed by atoms with van der Waals surface area (Å²) >= 11 is 0. The molecule has 0 atom stereocenters. The molecule has 1 heterocycles. The lowest BCUT2D eigenvalue weighted by Gasteiger charge is -2.08. The first-order valence-electron chi connectivity index (χ1n) is 7.39. The van der Waals surface area contributed by atoms with Crippen molar-refractivity contribution in [1.82, 2.24) is 9.78 Å². The van der Waals surface area contributed by atoms with E-state index in [4.69, 9.17) is 4.74 Å². The highest BCUT2D eigenvalue weighted by molar-refractivity contribution is 5.90. The Morgan fingerprint density at radius 3 is 2.52 bits per heavy atom. The highest BCUT2D eigenvalue weighted by Gasteiger charge is 2.04. The lowest BCUT2D eigenvalue weighted by Crippen LogP contribution is -2.15. The van der Waals surface area contributed by atoms with Gasteiger partial charge < -0.3 is 10.1 Å². The molecule has 5 nitrogen and oxygen atoms in total. The first-order chi connectivity index (χ1) is 11.3. The molecule has 1 amide bonds. The number of carbonyl (C=O) groups is 1. The maximum atomic E-state index is 11.9. The third-order valence-electron chi connectivity index (χ3n) is 3.26. The maximum Gasteiger partial charge on any atom is 0.227 e. The molecule has 0 radical (unpaired) electrons. The second-order valence-corrected chi connectivity index (χ2v) is 4.96. The topological polar surface area (TPSA) is 56.1 Å². The molecule has 0 bridgehead atoms. The van der Waals surface area contributed by atoms with Crippen molar-refractivity contribution in [2.75, 3.05) is 11.9 Å². The SMILES string of the molecule is O=C(CCOc1ccccc1)Nc1ccc(-n2cccn2)cc1. The van der Waals surface area contributed by atoms with E-state index in [-0.39, 0.29) is 5.91 Å². The first-order valence-corrected chi connectivity index (χ1v) is 7.39. The van der Waals surface area contributed by atoms with Gasteiger partial charge in [0.1, 0.15) is 5.75 Å². The number of anilines is 1. The van der Waals surface area contributed by atoms with Gasteiger partial charge in [0, 0.05) is 18.1 Å². The highest BCUT2D eigenvalue weighted by Crippen LogP contribution is 2.13. The standard InChI is InChI=1S/C18H17N3O2/c22-18(11-14-23-17-5-2-1-3-6-17)20-15-7-9-16(10-8-15)21-13-4-12-19-21/h1-10,12-13H,11,14H2,(H,20,22). The average Bonchev–Trinajstić information content (AvgIpc) is 3.11. The fourth-order valence-electron chi connectivity index (χ4n) is 2.12. The van der Waals surface area contributed by atoms with Crippen molar-refractivity contribution in [2.24, 2.45) is 0 Å². The van der Waals surface area contributed by atoms with Crippen molar-refractivity contribution in [3.8, 4) is 11.4 Å². The summed E-state index contributed by atoms with van der Waals surface area (Å²) in [6.45, 7) is 0.348. The molecule has 0 aliphatic heterocycles. The molecule has 1 aromatic heterocycles. The van der Waals surface area contributed by atoms with E-state index in [9.17, 15) is 4.79 Å². The molecule has 3 rings (SSSR count). The number of amides is 1. The van der Waals surface area contributed by atoms with Gasteiger partial charge in [0.05, 0.1) is 18.7 Å². The van der Waals surface area contributed by atoms with Crippen LogP contribution in [-0.4, -0.2) is 22.3 Å². The lowest BCUT2D eigenvalue weighted by molar-refractivity contribution is -0.116. The number of hydrogen-bond acceptors (Lipinski definition) is 3. The molecule has 5 heteroatoms. The van der Waals surface area contributed by atoms with Crippen LogP contribution in [0.15, 0.2) is 73.1 Å². The first kappa shape index (κ1) is 14.8. The fraction of sp³-hybridized carbons (Fsp3) is 0.111. The molecule has 0 fully saturated rings. The molecular formula is C18H17N3O2. The van der Waals surface area contributed by atoms with Crippen LogP contribution in [-0.2, 0) is 4.79 Å². The van der Waals surface area contributed by atoms with E-state index >= 15 is 0 Å². The fourth-order valence-corrected chi connectivity index (χ4v) is 2.12. The van der Waals surface area contributed by atoms with Crippen molar-refractivity contribution in [3.63, 3.8) is 0 Å². The third kappa shape index (κ3) is 4.20. The molecule has 23 heavy (non-hydrogen) atoms. The Hall–Kier alpha value is -3.08. The molecule has 3 aromatic rings. The molecule has 1 N–H and O–H groups in total. The number of hydrogen-bond donors (Lipinski definition) is 1. The number of carbonyl (C=O) groups excluding carboxylic acids is 1. The normalized spacial score (nSPS) is 10.3. The van der Waals surface area contributed by atoms with E-state index in [1.807, 2.05) is 66.9 Å². The van der Waals surface area contributed by atoms with Gasteiger partial charge in [-0.3, -0.25) is 4.79 Å². The smallest absolute Gasteiger partial charge is 0.227 e. The Morgan fingerprint density at radius 1 is 1.04 bits per heavy atom. The summed E-state index contributed by atoms with van der Waals surface area (Å²) in [4.78, 5) is 11.9. The summed E-state index contributed by atoms with van der Waals surface area (Å²) in [5.41, 5.74) is 1.70. The van der Waals surface area contributed by atoms with Gasteiger partial charge in [-0.2, -0.15) is 5.10 Å². The lowest BCUT2D eigenvalue weighted by atomic mass is 10.2. The number of nitrogens with one attached hydrogen (secondary N) is 1. The van der Waals surface area contributed by atoms with Crippen LogP contribution < -0.4 is 10.1 Å². The number of para-hydroxylation sites is 1. The van der Waals surface area contributed by atoms with Crippen molar-refractivity contribution >= 4 is 11.6 Å². The van der Waals surface area contributed by atoms with Crippen molar-refractivity contribution in [1.29, 1.82) is 0 Å².